The van der Waals surface area contributed by atoms with Gasteiger partial charge in [-0.3, -0.25) is 4.68 Å². The van der Waals surface area contributed by atoms with E-state index in [1.807, 2.05) is 23.0 Å². The summed E-state index contributed by atoms with van der Waals surface area (Å²) < 4.78 is 7.47. The third-order valence-corrected chi connectivity index (χ3v) is 2.80. The van der Waals surface area contributed by atoms with Gasteiger partial charge in [0.05, 0.1) is 17.3 Å². The van der Waals surface area contributed by atoms with Crippen molar-refractivity contribution in [2.45, 2.75) is 26.5 Å². The van der Waals surface area contributed by atoms with Crippen LogP contribution in [0.15, 0.2) is 30.5 Å². The Morgan fingerprint density at radius 2 is 2.21 bits per heavy atom. The average Bonchev–Trinajstić information content (AvgIpc) is 2.84. The first kappa shape index (κ1) is 13.4. The number of nitrogens with zero attached hydrogens (tertiary/aromatic N) is 3. The van der Waals surface area contributed by atoms with Crippen molar-refractivity contribution in [3.63, 3.8) is 0 Å². The molecule has 0 spiro atoms. The van der Waals surface area contributed by atoms with Crippen LogP contribution in [0.2, 0.25) is 5.02 Å². The molecule has 0 N–H and O–H groups in total. The fourth-order valence-electron chi connectivity index (χ4n) is 1.61. The van der Waals surface area contributed by atoms with Gasteiger partial charge in [0.1, 0.15) is 12.4 Å². The lowest BCUT2D eigenvalue weighted by atomic mass is 10.2. The molecule has 19 heavy (non-hydrogen) atoms. The minimum atomic E-state index is 0.324. The minimum Gasteiger partial charge on any atom is -0.487 e. The molecule has 0 aliphatic carbocycles. The number of hydrogen-bond acceptors (Lipinski definition) is 3. The van der Waals surface area contributed by atoms with Crippen molar-refractivity contribution >= 4 is 11.6 Å². The Hall–Kier alpha value is -1.99. The van der Waals surface area contributed by atoms with Gasteiger partial charge < -0.3 is 4.74 Å². The van der Waals surface area contributed by atoms with Gasteiger partial charge in [-0.1, -0.05) is 11.6 Å². The molecule has 0 fully saturated rings. The molecular weight excluding hydrogens is 262 g/mol. The highest BCUT2D eigenvalue weighted by molar-refractivity contribution is 6.30. The molecule has 0 bridgehead atoms. The van der Waals surface area contributed by atoms with Crippen molar-refractivity contribution in [2.24, 2.45) is 0 Å². The highest BCUT2D eigenvalue weighted by Gasteiger charge is 2.04. The molecule has 1 aromatic heterocycles. The summed E-state index contributed by atoms with van der Waals surface area (Å²) in [5.74, 6) is 0.572. The van der Waals surface area contributed by atoms with E-state index in [0.29, 0.717) is 29.0 Å². The summed E-state index contributed by atoms with van der Waals surface area (Å²) in [5, 5.41) is 13.7. The molecule has 5 heteroatoms. The largest absolute Gasteiger partial charge is 0.487 e. The maximum Gasteiger partial charge on any atom is 0.132 e. The maximum absolute atomic E-state index is 8.86. The molecule has 0 saturated heterocycles. The number of hydrogen-bond donors (Lipinski definition) is 0. The molecule has 0 aliphatic rings. The van der Waals surface area contributed by atoms with Gasteiger partial charge in [0.2, 0.25) is 0 Å². The van der Waals surface area contributed by atoms with Crippen LogP contribution in [0.3, 0.4) is 0 Å². The van der Waals surface area contributed by atoms with Crippen molar-refractivity contribution in [2.75, 3.05) is 0 Å². The highest BCUT2D eigenvalue weighted by Crippen LogP contribution is 2.21. The van der Waals surface area contributed by atoms with E-state index in [4.69, 9.17) is 21.6 Å². The first-order valence-electron chi connectivity index (χ1n) is 5.96. The molecule has 0 unspecified atom stereocenters. The second-order valence-electron chi connectivity index (χ2n) is 4.46. The van der Waals surface area contributed by atoms with Gasteiger partial charge in [-0.15, -0.1) is 0 Å². The molecule has 4 nitrogen and oxygen atoms in total. The zero-order valence-electron chi connectivity index (χ0n) is 10.8. The standard InChI is InChI=1S/C14H14ClN3O/c1-10(2)18-4-3-13(17-18)9-19-14-6-11(8-16)5-12(15)7-14/h3-7,10H,9H2,1-2H3. The molecular formula is C14H14ClN3O. The number of aromatic nitrogens is 2. The summed E-state index contributed by atoms with van der Waals surface area (Å²) in [6, 6.07) is 9.22. The van der Waals surface area contributed by atoms with Gasteiger partial charge in [-0.2, -0.15) is 10.4 Å². The summed E-state index contributed by atoms with van der Waals surface area (Å²) in [4.78, 5) is 0. The first-order chi connectivity index (χ1) is 9.08. The van der Waals surface area contributed by atoms with Crippen LogP contribution < -0.4 is 4.74 Å². The van der Waals surface area contributed by atoms with Crippen LogP contribution in [0.5, 0.6) is 5.75 Å². The third-order valence-electron chi connectivity index (χ3n) is 2.58. The molecule has 2 aromatic rings. The molecule has 98 valence electrons. The smallest absolute Gasteiger partial charge is 0.132 e. The third kappa shape index (κ3) is 3.49. The van der Waals surface area contributed by atoms with Crippen molar-refractivity contribution < 1.29 is 4.74 Å². The minimum absolute atomic E-state index is 0.324. The average molecular weight is 276 g/mol. The van der Waals surface area contributed by atoms with Gasteiger partial charge in [-0.25, -0.2) is 0 Å². The maximum atomic E-state index is 8.86. The molecule has 1 aromatic carbocycles. The summed E-state index contributed by atoms with van der Waals surface area (Å²) in [6.07, 6.45) is 1.92. The number of nitriles is 1. The van der Waals surface area contributed by atoms with Crippen molar-refractivity contribution in [1.29, 1.82) is 5.26 Å². The molecule has 0 saturated carbocycles. The Morgan fingerprint density at radius 3 is 2.84 bits per heavy atom. The zero-order valence-corrected chi connectivity index (χ0v) is 11.6. The quantitative estimate of drug-likeness (QED) is 0.857. The van der Waals surface area contributed by atoms with Crippen molar-refractivity contribution in [3.05, 3.63) is 46.7 Å². The lowest BCUT2D eigenvalue weighted by molar-refractivity contribution is 0.298. The summed E-state index contributed by atoms with van der Waals surface area (Å²) in [7, 11) is 0. The molecule has 0 atom stereocenters. The van der Waals surface area contributed by atoms with Gasteiger partial charge >= 0.3 is 0 Å². The van der Waals surface area contributed by atoms with E-state index in [0.717, 1.165) is 5.69 Å². The predicted octanol–water partition coefficient (Wildman–Crippen LogP) is 3.57. The lowest BCUT2D eigenvalue weighted by Crippen LogP contribution is -2.03. The van der Waals surface area contributed by atoms with Gasteiger partial charge in [-0.05, 0) is 38.1 Å². The van der Waals surface area contributed by atoms with Crippen LogP contribution in [0.25, 0.3) is 0 Å². The Balaban J connectivity index is 2.06. The second-order valence-corrected chi connectivity index (χ2v) is 4.89. The van der Waals surface area contributed by atoms with E-state index in [1.54, 1.807) is 18.2 Å². The van der Waals surface area contributed by atoms with Crippen molar-refractivity contribution in [3.8, 4) is 11.8 Å². The Labute approximate surface area is 117 Å². The highest BCUT2D eigenvalue weighted by atomic mass is 35.5. The number of halogens is 1. The normalized spacial score (nSPS) is 10.5. The van der Waals surface area contributed by atoms with Gasteiger partial charge in [0.15, 0.2) is 0 Å². The van der Waals surface area contributed by atoms with Gasteiger partial charge in [0, 0.05) is 17.3 Å². The van der Waals surface area contributed by atoms with E-state index in [-0.39, 0.29) is 0 Å². The molecule has 0 radical (unpaired) electrons. The predicted molar refractivity (Wildman–Crippen MR) is 73.1 cm³/mol. The first-order valence-corrected chi connectivity index (χ1v) is 6.34. The van der Waals surface area contributed by atoms with E-state index in [2.05, 4.69) is 18.9 Å². The SMILES string of the molecule is CC(C)n1ccc(COc2cc(Cl)cc(C#N)c2)n1. The summed E-state index contributed by atoms with van der Waals surface area (Å²) in [6.45, 7) is 4.48. The van der Waals surface area contributed by atoms with Crippen LogP contribution in [-0.4, -0.2) is 9.78 Å². The van der Waals surface area contributed by atoms with E-state index in [9.17, 15) is 0 Å². The van der Waals surface area contributed by atoms with Crippen LogP contribution in [0.4, 0.5) is 0 Å². The zero-order chi connectivity index (χ0) is 13.8. The van der Waals surface area contributed by atoms with E-state index in [1.165, 1.54) is 0 Å². The number of rotatable bonds is 4. The topological polar surface area (TPSA) is 50.8 Å². The molecule has 1 heterocycles. The van der Waals surface area contributed by atoms with Gasteiger partial charge in [0.25, 0.3) is 0 Å². The monoisotopic (exact) mass is 275 g/mol. The van der Waals surface area contributed by atoms with Crippen molar-refractivity contribution in [1.82, 2.24) is 9.78 Å². The molecule has 0 amide bonds. The number of ether oxygens (including phenoxy) is 1. The van der Waals surface area contributed by atoms with E-state index < -0.39 is 0 Å². The van der Waals surface area contributed by atoms with Crippen LogP contribution in [0.1, 0.15) is 31.1 Å². The Kier molecular flexibility index (Phi) is 4.08. The van der Waals surface area contributed by atoms with E-state index >= 15 is 0 Å². The fraction of sp³-hybridized carbons (Fsp3) is 0.286. The molecule has 0 aliphatic heterocycles. The second kappa shape index (κ2) is 5.77. The van der Waals surface area contributed by atoms with Crippen LogP contribution in [0, 0.1) is 11.3 Å². The summed E-state index contributed by atoms with van der Waals surface area (Å²) in [5.41, 5.74) is 1.32. The summed E-state index contributed by atoms with van der Waals surface area (Å²) >= 11 is 5.91. The fourth-order valence-corrected chi connectivity index (χ4v) is 1.83. The lowest BCUT2D eigenvalue weighted by Gasteiger charge is -2.06. The van der Waals surface area contributed by atoms with Crippen LogP contribution >= 0.6 is 11.6 Å². The Bertz CT molecular complexity index is 613. The Morgan fingerprint density at radius 1 is 1.42 bits per heavy atom. The molecule has 2 rings (SSSR count). The van der Waals surface area contributed by atoms with Crippen LogP contribution in [-0.2, 0) is 6.61 Å². The number of benzene rings is 1.